The van der Waals surface area contributed by atoms with Gasteiger partial charge in [0.2, 0.25) is 11.8 Å². The van der Waals surface area contributed by atoms with Gasteiger partial charge in [0, 0.05) is 12.1 Å². The van der Waals surface area contributed by atoms with Crippen LogP contribution in [0, 0.1) is 11.8 Å². The third kappa shape index (κ3) is 4.91. The van der Waals surface area contributed by atoms with Crippen LogP contribution in [0.1, 0.15) is 5.56 Å². The van der Waals surface area contributed by atoms with Crippen molar-refractivity contribution < 1.29 is 19.4 Å². The maximum atomic E-state index is 11.2. The maximum Gasteiger partial charge on any atom is 0.240 e. The third-order valence-electron chi connectivity index (χ3n) is 2.84. The van der Waals surface area contributed by atoms with Gasteiger partial charge in [-0.25, -0.2) is 0 Å². The molecule has 0 spiro atoms. The van der Waals surface area contributed by atoms with Crippen LogP contribution in [-0.4, -0.2) is 54.7 Å². The van der Waals surface area contributed by atoms with Gasteiger partial charge in [0.05, 0.1) is 13.1 Å². The molecule has 21 heavy (non-hydrogen) atoms. The summed E-state index contributed by atoms with van der Waals surface area (Å²) < 4.78 is 5.58. The van der Waals surface area contributed by atoms with Gasteiger partial charge in [-0.1, -0.05) is 17.9 Å². The Morgan fingerprint density at radius 3 is 2.76 bits per heavy atom. The summed E-state index contributed by atoms with van der Waals surface area (Å²) in [5.74, 6) is 5.46. The van der Waals surface area contributed by atoms with Crippen molar-refractivity contribution in [2.24, 2.45) is 0 Å². The average molecular weight is 288 g/mol. The molecule has 1 aliphatic heterocycles. The van der Waals surface area contributed by atoms with E-state index >= 15 is 0 Å². The van der Waals surface area contributed by atoms with E-state index in [0.717, 1.165) is 5.56 Å². The molecule has 0 saturated carbocycles. The summed E-state index contributed by atoms with van der Waals surface area (Å²) in [5, 5.41) is 10.9. The lowest BCUT2D eigenvalue weighted by molar-refractivity contribution is -0.136. The molecule has 6 heteroatoms. The summed E-state index contributed by atoms with van der Waals surface area (Å²) in [7, 11) is 0. The number of piperazine rings is 1. The average Bonchev–Trinajstić information content (AvgIpc) is 2.44. The van der Waals surface area contributed by atoms with Gasteiger partial charge in [0.15, 0.2) is 0 Å². The number of ether oxygens (including phenoxy) is 1. The zero-order valence-corrected chi connectivity index (χ0v) is 11.5. The number of amides is 2. The molecule has 1 heterocycles. The summed E-state index contributed by atoms with van der Waals surface area (Å²) in [6, 6.07) is 7.21. The second-order valence-corrected chi connectivity index (χ2v) is 4.52. The van der Waals surface area contributed by atoms with Gasteiger partial charge in [0.25, 0.3) is 0 Å². The zero-order chi connectivity index (χ0) is 15.1. The van der Waals surface area contributed by atoms with Gasteiger partial charge in [0.1, 0.15) is 19.0 Å². The number of nitrogens with zero attached hydrogens (tertiary/aromatic N) is 1. The minimum atomic E-state index is -0.285. The van der Waals surface area contributed by atoms with E-state index in [1.165, 1.54) is 0 Å². The Balaban J connectivity index is 1.83. The zero-order valence-electron chi connectivity index (χ0n) is 11.5. The van der Waals surface area contributed by atoms with Crippen LogP contribution in [0.3, 0.4) is 0 Å². The largest absolute Gasteiger partial charge is 0.492 e. The standard InChI is InChI=1S/C15H16N2O4/c18-7-2-4-12-3-1-5-13(9-12)21-8-6-17-10-14(19)16-15(20)11-17/h1,3,5,9,18H,6-8,10-11H2,(H,16,19,20). The fraction of sp³-hybridized carbons (Fsp3) is 0.333. The molecule has 1 saturated heterocycles. The minimum absolute atomic E-state index is 0.184. The van der Waals surface area contributed by atoms with E-state index in [2.05, 4.69) is 17.2 Å². The van der Waals surface area contributed by atoms with E-state index < -0.39 is 0 Å². The predicted octanol–water partition coefficient (Wildman–Crippen LogP) is -0.632. The highest BCUT2D eigenvalue weighted by molar-refractivity contribution is 5.99. The van der Waals surface area contributed by atoms with Gasteiger partial charge in [-0.2, -0.15) is 0 Å². The fourth-order valence-electron chi connectivity index (χ4n) is 1.95. The molecule has 1 aromatic rings. The molecule has 6 nitrogen and oxygen atoms in total. The quantitative estimate of drug-likeness (QED) is 0.569. The van der Waals surface area contributed by atoms with Crippen LogP contribution in [0.5, 0.6) is 5.75 Å². The normalized spacial score (nSPS) is 15.1. The summed E-state index contributed by atoms with van der Waals surface area (Å²) in [6.07, 6.45) is 0. The van der Waals surface area contributed by atoms with Crippen LogP contribution in [-0.2, 0) is 9.59 Å². The molecular formula is C15H16N2O4. The lowest BCUT2D eigenvalue weighted by Crippen LogP contribution is -2.52. The number of rotatable bonds is 4. The minimum Gasteiger partial charge on any atom is -0.492 e. The Kier molecular flexibility index (Phi) is 5.32. The highest BCUT2D eigenvalue weighted by atomic mass is 16.5. The topological polar surface area (TPSA) is 78.9 Å². The monoisotopic (exact) mass is 288 g/mol. The van der Waals surface area contributed by atoms with Crippen LogP contribution in [0.15, 0.2) is 24.3 Å². The lowest BCUT2D eigenvalue weighted by atomic mass is 10.2. The molecule has 2 rings (SSSR count). The first-order chi connectivity index (χ1) is 10.2. The first-order valence-electron chi connectivity index (χ1n) is 6.55. The molecule has 0 radical (unpaired) electrons. The molecule has 1 fully saturated rings. The number of carbonyl (C=O) groups excluding carboxylic acids is 2. The molecule has 2 N–H and O–H groups in total. The molecule has 1 aliphatic rings. The van der Waals surface area contributed by atoms with Crippen molar-refractivity contribution in [1.29, 1.82) is 0 Å². The number of aliphatic hydroxyl groups is 1. The Hall–Kier alpha value is -2.36. The van der Waals surface area contributed by atoms with Crippen LogP contribution >= 0.6 is 0 Å². The molecule has 2 amide bonds. The summed E-state index contributed by atoms with van der Waals surface area (Å²) in [5.41, 5.74) is 0.758. The number of nitrogens with one attached hydrogen (secondary N) is 1. The van der Waals surface area contributed by atoms with Crippen molar-refractivity contribution in [3.63, 3.8) is 0 Å². The van der Waals surface area contributed by atoms with Crippen molar-refractivity contribution in [2.75, 3.05) is 32.8 Å². The van der Waals surface area contributed by atoms with E-state index in [9.17, 15) is 9.59 Å². The van der Waals surface area contributed by atoms with E-state index in [1.54, 1.807) is 17.0 Å². The molecule has 0 atom stereocenters. The van der Waals surface area contributed by atoms with E-state index in [0.29, 0.717) is 18.9 Å². The summed E-state index contributed by atoms with van der Waals surface area (Å²) in [4.78, 5) is 24.2. The van der Waals surface area contributed by atoms with Gasteiger partial charge in [-0.05, 0) is 18.2 Å². The second kappa shape index (κ2) is 7.43. The van der Waals surface area contributed by atoms with Crippen LogP contribution in [0.4, 0.5) is 0 Å². The van der Waals surface area contributed by atoms with Crippen molar-refractivity contribution in [3.05, 3.63) is 29.8 Å². The van der Waals surface area contributed by atoms with Gasteiger partial charge in [-0.3, -0.25) is 19.8 Å². The number of carbonyl (C=O) groups is 2. The maximum absolute atomic E-state index is 11.2. The smallest absolute Gasteiger partial charge is 0.240 e. The highest BCUT2D eigenvalue weighted by Crippen LogP contribution is 2.12. The van der Waals surface area contributed by atoms with Gasteiger partial charge >= 0.3 is 0 Å². The molecule has 0 unspecified atom stereocenters. The van der Waals surface area contributed by atoms with Crippen molar-refractivity contribution in [1.82, 2.24) is 10.2 Å². The molecule has 110 valence electrons. The first-order valence-corrected chi connectivity index (χ1v) is 6.55. The van der Waals surface area contributed by atoms with Gasteiger partial charge < -0.3 is 9.84 Å². The van der Waals surface area contributed by atoms with Crippen molar-refractivity contribution in [3.8, 4) is 17.6 Å². The van der Waals surface area contributed by atoms with Crippen molar-refractivity contribution >= 4 is 11.8 Å². The SMILES string of the molecule is O=C1CN(CCOc2cccc(C#CCO)c2)CC(=O)N1. The van der Waals surface area contributed by atoms with Crippen LogP contribution < -0.4 is 10.1 Å². The lowest BCUT2D eigenvalue weighted by Gasteiger charge is -2.24. The Morgan fingerprint density at radius 1 is 1.29 bits per heavy atom. The van der Waals surface area contributed by atoms with E-state index in [-0.39, 0.29) is 31.5 Å². The van der Waals surface area contributed by atoms with Gasteiger partial charge in [-0.15, -0.1) is 0 Å². The first kappa shape index (κ1) is 15.0. The summed E-state index contributed by atoms with van der Waals surface area (Å²) >= 11 is 0. The Labute approximate surface area is 122 Å². The highest BCUT2D eigenvalue weighted by Gasteiger charge is 2.21. The summed E-state index contributed by atoms with van der Waals surface area (Å²) in [6.45, 7) is 1.09. The fourth-order valence-corrected chi connectivity index (χ4v) is 1.95. The van der Waals surface area contributed by atoms with Crippen molar-refractivity contribution in [2.45, 2.75) is 0 Å². The number of hydrogen-bond acceptors (Lipinski definition) is 5. The molecule has 0 bridgehead atoms. The van der Waals surface area contributed by atoms with Crippen LogP contribution in [0.2, 0.25) is 0 Å². The number of hydrogen-bond donors (Lipinski definition) is 2. The Morgan fingerprint density at radius 2 is 2.05 bits per heavy atom. The molecule has 0 aliphatic carbocycles. The number of aliphatic hydroxyl groups excluding tert-OH is 1. The van der Waals surface area contributed by atoms with Crippen LogP contribution in [0.25, 0.3) is 0 Å². The molecule has 1 aromatic carbocycles. The second-order valence-electron chi connectivity index (χ2n) is 4.52. The number of benzene rings is 1. The molecular weight excluding hydrogens is 272 g/mol. The number of imide groups is 1. The Bertz CT molecular complexity index is 573. The third-order valence-corrected chi connectivity index (χ3v) is 2.84. The van der Waals surface area contributed by atoms with E-state index in [4.69, 9.17) is 9.84 Å². The van der Waals surface area contributed by atoms with E-state index in [1.807, 2.05) is 12.1 Å². The predicted molar refractivity (Wildman–Crippen MR) is 75.5 cm³/mol. The molecule has 0 aromatic heterocycles.